The quantitative estimate of drug-likeness (QED) is 0.831. The highest BCUT2D eigenvalue weighted by atomic mass is 32.2. The molecular formula is C12H23N3OS. The number of carbonyl (C=O) groups excluding carboxylic acids is 1. The number of hydrogen-bond donors (Lipinski definition) is 1. The highest BCUT2D eigenvalue weighted by molar-refractivity contribution is 8.13. The van der Waals surface area contributed by atoms with Gasteiger partial charge in [-0.25, -0.2) is 0 Å². The van der Waals surface area contributed by atoms with Gasteiger partial charge in [-0.2, -0.15) is 0 Å². The van der Waals surface area contributed by atoms with Gasteiger partial charge in [0.1, 0.15) is 0 Å². The first-order chi connectivity index (χ1) is 8.00. The van der Waals surface area contributed by atoms with Crippen molar-refractivity contribution in [1.29, 1.82) is 0 Å². The van der Waals surface area contributed by atoms with Crippen LogP contribution in [0.1, 0.15) is 26.7 Å². The maximum Gasteiger partial charge on any atom is 0.223 e. The molecular weight excluding hydrogens is 234 g/mol. The van der Waals surface area contributed by atoms with Crippen molar-refractivity contribution < 1.29 is 4.79 Å². The lowest BCUT2D eigenvalue weighted by molar-refractivity contribution is -0.128. The number of amidine groups is 1. The lowest BCUT2D eigenvalue weighted by atomic mass is 10.0. The van der Waals surface area contributed by atoms with E-state index in [0.717, 1.165) is 10.9 Å². The lowest BCUT2D eigenvalue weighted by Gasteiger charge is -2.28. The molecule has 0 aliphatic carbocycles. The molecule has 1 atom stereocenters. The van der Waals surface area contributed by atoms with Crippen LogP contribution in [0.5, 0.6) is 0 Å². The fourth-order valence-corrected chi connectivity index (χ4v) is 2.61. The van der Waals surface area contributed by atoms with E-state index in [2.05, 4.69) is 24.2 Å². The minimum atomic E-state index is 0.135. The van der Waals surface area contributed by atoms with Crippen molar-refractivity contribution in [2.24, 2.45) is 10.9 Å². The number of thioether (sulfide) groups is 1. The summed E-state index contributed by atoms with van der Waals surface area (Å²) in [4.78, 5) is 17.5. The summed E-state index contributed by atoms with van der Waals surface area (Å²) in [7, 11) is 3.55. The molecule has 98 valence electrons. The second kappa shape index (κ2) is 6.89. The molecule has 0 bridgehead atoms. The fourth-order valence-electron chi connectivity index (χ4n) is 1.62. The van der Waals surface area contributed by atoms with E-state index in [4.69, 9.17) is 0 Å². The van der Waals surface area contributed by atoms with Gasteiger partial charge < -0.3 is 10.2 Å². The van der Waals surface area contributed by atoms with Crippen LogP contribution in [0.15, 0.2) is 4.99 Å². The topological polar surface area (TPSA) is 44.7 Å². The number of rotatable bonds is 4. The Morgan fingerprint density at radius 3 is 2.88 bits per heavy atom. The average molecular weight is 257 g/mol. The third-order valence-corrected chi connectivity index (χ3v) is 3.82. The predicted octanol–water partition coefficient (Wildman–Crippen LogP) is 1.57. The van der Waals surface area contributed by atoms with Gasteiger partial charge in [0.05, 0.1) is 6.54 Å². The second-order valence-corrected chi connectivity index (χ2v) is 5.94. The van der Waals surface area contributed by atoms with E-state index in [0.29, 0.717) is 24.9 Å². The summed E-state index contributed by atoms with van der Waals surface area (Å²) in [6.07, 6.45) is 1.68. The first kappa shape index (κ1) is 14.4. The number of hydrogen-bond acceptors (Lipinski definition) is 3. The molecule has 0 radical (unpaired) electrons. The van der Waals surface area contributed by atoms with Gasteiger partial charge in [-0.15, -0.1) is 0 Å². The minimum Gasteiger partial charge on any atom is -0.362 e. The standard InChI is InChI=1S/C12H23N3OS/c1-9(2)10-6-8-17-12(14-10)13-7-5-11(16)15(3)4/h9-10H,5-8H2,1-4H3,(H,13,14). The third-order valence-electron chi connectivity index (χ3n) is 2.86. The van der Waals surface area contributed by atoms with Gasteiger partial charge in [0.25, 0.3) is 0 Å². The van der Waals surface area contributed by atoms with Crippen molar-refractivity contribution in [2.75, 3.05) is 26.4 Å². The van der Waals surface area contributed by atoms with Crippen molar-refractivity contribution in [3.05, 3.63) is 0 Å². The SMILES string of the molecule is CC(C)C1CCSC(=NCCC(=O)N(C)C)N1. The van der Waals surface area contributed by atoms with E-state index < -0.39 is 0 Å². The van der Waals surface area contributed by atoms with Crippen LogP contribution >= 0.6 is 11.8 Å². The summed E-state index contributed by atoms with van der Waals surface area (Å²) >= 11 is 1.76. The van der Waals surface area contributed by atoms with Gasteiger partial charge in [-0.3, -0.25) is 9.79 Å². The molecule has 1 N–H and O–H groups in total. The van der Waals surface area contributed by atoms with Gasteiger partial charge in [0.15, 0.2) is 5.17 Å². The zero-order valence-electron chi connectivity index (χ0n) is 11.2. The molecule has 0 aromatic carbocycles. The Morgan fingerprint density at radius 1 is 1.59 bits per heavy atom. The summed E-state index contributed by atoms with van der Waals surface area (Å²) < 4.78 is 0. The van der Waals surface area contributed by atoms with E-state index in [9.17, 15) is 4.79 Å². The molecule has 1 rings (SSSR count). The van der Waals surface area contributed by atoms with Crippen LogP contribution < -0.4 is 5.32 Å². The van der Waals surface area contributed by atoms with Crippen LogP contribution in [0, 0.1) is 5.92 Å². The molecule has 0 aromatic rings. The van der Waals surface area contributed by atoms with Gasteiger partial charge >= 0.3 is 0 Å². The first-order valence-electron chi connectivity index (χ1n) is 6.14. The average Bonchev–Trinajstić information content (AvgIpc) is 2.29. The largest absolute Gasteiger partial charge is 0.362 e. The Morgan fingerprint density at radius 2 is 2.29 bits per heavy atom. The van der Waals surface area contributed by atoms with Gasteiger partial charge in [0.2, 0.25) is 5.91 Å². The molecule has 0 spiro atoms. The Hall–Kier alpha value is -0.710. The summed E-state index contributed by atoms with van der Waals surface area (Å²) in [6, 6.07) is 0.527. The van der Waals surface area contributed by atoms with Crippen LogP contribution in [-0.2, 0) is 4.79 Å². The van der Waals surface area contributed by atoms with Crippen molar-refractivity contribution in [2.45, 2.75) is 32.7 Å². The van der Waals surface area contributed by atoms with Crippen molar-refractivity contribution in [3.63, 3.8) is 0 Å². The van der Waals surface area contributed by atoms with E-state index in [1.807, 2.05) is 0 Å². The van der Waals surface area contributed by atoms with E-state index >= 15 is 0 Å². The second-order valence-electron chi connectivity index (χ2n) is 4.86. The number of carbonyl (C=O) groups is 1. The van der Waals surface area contributed by atoms with Gasteiger partial charge in [-0.1, -0.05) is 25.6 Å². The molecule has 1 aliphatic heterocycles. The maximum atomic E-state index is 11.4. The molecule has 0 aromatic heterocycles. The normalized spacial score (nSPS) is 22.6. The van der Waals surface area contributed by atoms with Crippen LogP contribution in [0.25, 0.3) is 0 Å². The molecule has 1 amide bonds. The zero-order valence-corrected chi connectivity index (χ0v) is 12.0. The summed E-state index contributed by atoms with van der Waals surface area (Å²) in [6.45, 7) is 5.03. The fraction of sp³-hybridized carbons (Fsp3) is 0.833. The highest BCUT2D eigenvalue weighted by Crippen LogP contribution is 2.18. The van der Waals surface area contributed by atoms with Crippen molar-refractivity contribution >= 4 is 22.8 Å². The van der Waals surface area contributed by atoms with Crippen LogP contribution in [0.4, 0.5) is 0 Å². The van der Waals surface area contributed by atoms with Crippen molar-refractivity contribution in [3.8, 4) is 0 Å². The third kappa shape index (κ3) is 4.98. The van der Waals surface area contributed by atoms with E-state index in [1.165, 1.54) is 6.42 Å². The van der Waals surface area contributed by atoms with E-state index in [-0.39, 0.29) is 5.91 Å². The number of aliphatic imine (C=N–C) groups is 1. The number of amides is 1. The molecule has 1 aliphatic rings. The zero-order chi connectivity index (χ0) is 12.8. The smallest absolute Gasteiger partial charge is 0.223 e. The van der Waals surface area contributed by atoms with Crippen LogP contribution in [0.3, 0.4) is 0 Å². The Balaban J connectivity index is 2.36. The van der Waals surface area contributed by atoms with Crippen LogP contribution in [0.2, 0.25) is 0 Å². The molecule has 0 saturated carbocycles. The Bertz CT molecular complexity index is 289. The van der Waals surface area contributed by atoms with E-state index in [1.54, 1.807) is 30.8 Å². The summed E-state index contributed by atoms with van der Waals surface area (Å²) in [5, 5.41) is 4.45. The minimum absolute atomic E-state index is 0.135. The number of nitrogens with one attached hydrogen (secondary N) is 1. The predicted molar refractivity (Wildman–Crippen MR) is 74.4 cm³/mol. The van der Waals surface area contributed by atoms with Gasteiger partial charge in [-0.05, 0) is 12.3 Å². The first-order valence-corrected chi connectivity index (χ1v) is 7.13. The molecule has 4 nitrogen and oxygen atoms in total. The molecule has 1 saturated heterocycles. The molecule has 1 fully saturated rings. The van der Waals surface area contributed by atoms with Crippen molar-refractivity contribution in [1.82, 2.24) is 10.2 Å². The summed E-state index contributed by atoms with van der Waals surface area (Å²) in [5.41, 5.74) is 0. The monoisotopic (exact) mass is 257 g/mol. The summed E-state index contributed by atoms with van der Waals surface area (Å²) in [5.74, 6) is 1.89. The van der Waals surface area contributed by atoms with Crippen LogP contribution in [-0.4, -0.2) is 48.4 Å². The molecule has 5 heteroatoms. The number of nitrogens with zero attached hydrogens (tertiary/aromatic N) is 2. The molecule has 17 heavy (non-hydrogen) atoms. The van der Waals surface area contributed by atoms with Gasteiger partial charge in [0, 0.05) is 32.3 Å². The Labute approximate surface area is 108 Å². The molecule has 1 unspecified atom stereocenters. The Kier molecular flexibility index (Phi) is 5.82. The highest BCUT2D eigenvalue weighted by Gasteiger charge is 2.19. The lowest BCUT2D eigenvalue weighted by Crippen LogP contribution is -2.41. The molecule has 1 heterocycles. The maximum absolute atomic E-state index is 11.4.